The van der Waals surface area contributed by atoms with Gasteiger partial charge >= 0.3 is 0 Å². The van der Waals surface area contributed by atoms with Gasteiger partial charge in [0.1, 0.15) is 0 Å². The molecule has 1 heterocycles. The predicted molar refractivity (Wildman–Crippen MR) is 45.5 cm³/mol. The summed E-state index contributed by atoms with van der Waals surface area (Å²) >= 11 is 1.79. The van der Waals surface area contributed by atoms with Crippen LogP contribution in [0.1, 0.15) is 25.6 Å². The van der Waals surface area contributed by atoms with Crippen molar-refractivity contribution in [1.82, 2.24) is 10.1 Å². The van der Waals surface area contributed by atoms with Crippen molar-refractivity contribution in [2.24, 2.45) is 0 Å². The fourth-order valence-corrected chi connectivity index (χ4v) is 1.18. The van der Waals surface area contributed by atoms with Crippen LogP contribution in [0.3, 0.4) is 0 Å². The number of nitrogens with zero attached hydrogens (tertiary/aromatic N) is 2. The van der Waals surface area contributed by atoms with Gasteiger partial charge in [0.15, 0.2) is 5.82 Å². The Hall–Kier alpha value is -0.510. The Bertz CT molecular complexity index is 212. The highest BCUT2D eigenvalue weighted by Gasteiger charge is 2.02. The summed E-state index contributed by atoms with van der Waals surface area (Å²) in [5, 5.41) is 3.79. The molecule has 0 unspecified atom stereocenters. The number of hydrogen-bond acceptors (Lipinski definition) is 4. The smallest absolute Gasteiger partial charge is 0.236 e. The van der Waals surface area contributed by atoms with E-state index < -0.39 is 0 Å². The zero-order valence-corrected chi connectivity index (χ0v) is 7.65. The van der Waals surface area contributed by atoms with Crippen LogP contribution < -0.4 is 0 Å². The molecule has 0 fully saturated rings. The molecule has 1 rings (SSSR count). The van der Waals surface area contributed by atoms with Gasteiger partial charge in [-0.1, -0.05) is 19.0 Å². The molecule has 0 atom stereocenters. The van der Waals surface area contributed by atoms with Gasteiger partial charge < -0.3 is 4.52 Å². The molecule has 0 aliphatic heterocycles. The van der Waals surface area contributed by atoms with Crippen LogP contribution in [0.2, 0.25) is 0 Å². The monoisotopic (exact) mass is 172 g/mol. The van der Waals surface area contributed by atoms with Gasteiger partial charge in [0, 0.05) is 6.42 Å². The van der Waals surface area contributed by atoms with Crippen LogP contribution in [-0.4, -0.2) is 15.9 Å². The number of aryl methyl sites for hydroxylation is 1. The standard InChI is InChI=1S/C7H12N2OS/c1-3-6-8-7(10-9-6)5-11-4-2/h3-5H2,1-2H3. The minimum atomic E-state index is 0.744. The van der Waals surface area contributed by atoms with E-state index in [4.69, 9.17) is 4.52 Å². The highest BCUT2D eigenvalue weighted by Crippen LogP contribution is 2.09. The Morgan fingerprint density at radius 2 is 2.27 bits per heavy atom. The minimum absolute atomic E-state index is 0.744. The molecule has 1 aromatic heterocycles. The maximum Gasteiger partial charge on any atom is 0.236 e. The normalized spacial score (nSPS) is 10.4. The molecule has 0 saturated carbocycles. The van der Waals surface area contributed by atoms with Gasteiger partial charge in [-0.05, 0) is 5.75 Å². The van der Waals surface area contributed by atoms with E-state index >= 15 is 0 Å². The Balaban J connectivity index is 2.44. The maximum absolute atomic E-state index is 4.98. The van der Waals surface area contributed by atoms with Gasteiger partial charge in [-0.25, -0.2) is 0 Å². The van der Waals surface area contributed by atoms with Crippen molar-refractivity contribution in [2.45, 2.75) is 26.0 Å². The molecule has 0 spiro atoms. The molecule has 0 aliphatic carbocycles. The molecule has 0 aromatic carbocycles. The van der Waals surface area contributed by atoms with Gasteiger partial charge in [0.25, 0.3) is 0 Å². The Labute approximate surface area is 70.6 Å². The number of rotatable bonds is 4. The molecule has 0 radical (unpaired) electrons. The van der Waals surface area contributed by atoms with E-state index in [9.17, 15) is 0 Å². The van der Waals surface area contributed by atoms with Gasteiger partial charge in [-0.3, -0.25) is 0 Å². The van der Waals surface area contributed by atoms with E-state index in [1.54, 1.807) is 11.8 Å². The average Bonchev–Trinajstić information content (AvgIpc) is 2.48. The lowest BCUT2D eigenvalue weighted by atomic mass is 10.5. The molecule has 3 nitrogen and oxygen atoms in total. The molecule has 62 valence electrons. The van der Waals surface area contributed by atoms with Crippen LogP contribution in [0.4, 0.5) is 0 Å². The van der Waals surface area contributed by atoms with Crippen molar-refractivity contribution >= 4 is 11.8 Å². The molecule has 4 heteroatoms. The second-order valence-corrected chi connectivity index (χ2v) is 3.37. The van der Waals surface area contributed by atoms with Crippen molar-refractivity contribution < 1.29 is 4.52 Å². The molecule has 0 amide bonds. The summed E-state index contributed by atoms with van der Waals surface area (Å²) in [5.41, 5.74) is 0. The molecule has 0 saturated heterocycles. The highest BCUT2D eigenvalue weighted by molar-refractivity contribution is 7.98. The fraction of sp³-hybridized carbons (Fsp3) is 0.714. The summed E-state index contributed by atoms with van der Waals surface area (Å²) in [6.45, 7) is 4.13. The van der Waals surface area contributed by atoms with Crippen molar-refractivity contribution in [3.63, 3.8) is 0 Å². The highest BCUT2D eigenvalue weighted by atomic mass is 32.2. The lowest BCUT2D eigenvalue weighted by Gasteiger charge is -1.87. The topological polar surface area (TPSA) is 38.9 Å². The molecular formula is C7H12N2OS. The SMILES string of the molecule is CCSCc1nc(CC)no1. The van der Waals surface area contributed by atoms with Crippen LogP contribution in [-0.2, 0) is 12.2 Å². The number of aromatic nitrogens is 2. The first kappa shape index (κ1) is 8.59. The second-order valence-electron chi connectivity index (χ2n) is 2.10. The van der Waals surface area contributed by atoms with Gasteiger partial charge in [0.2, 0.25) is 5.89 Å². The summed E-state index contributed by atoms with van der Waals surface area (Å²) < 4.78 is 4.98. The molecule has 0 aliphatic rings. The van der Waals surface area contributed by atoms with Crippen LogP contribution in [0.15, 0.2) is 4.52 Å². The van der Waals surface area contributed by atoms with Gasteiger partial charge in [0.05, 0.1) is 5.75 Å². The predicted octanol–water partition coefficient (Wildman–Crippen LogP) is 1.89. The first-order chi connectivity index (χ1) is 5.36. The van der Waals surface area contributed by atoms with Crippen LogP contribution in [0, 0.1) is 0 Å². The molecule has 11 heavy (non-hydrogen) atoms. The third-order valence-electron chi connectivity index (χ3n) is 1.26. The van der Waals surface area contributed by atoms with Gasteiger partial charge in [-0.15, -0.1) is 0 Å². The Kier molecular flexibility index (Phi) is 3.42. The van der Waals surface area contributed by atoms with Crippen molar-refractivity contribution in [1.29, 1.82) is 0 Å². The molecule has 1 aromatic rings. The van der Waals surface area contributed by atoms with E-state index in [-0.39, 0.29) is 0 Å². The fourth-order valence-electron chi connectivity index (χ4n) is 0.682. The number of hydrogen-bond donors (Lipinski definition) is 0. The summed E-state index contributed by atoms with van der Waals surface area (Å²) in [5.74, 6) is 3.47. The summed E-state index contributed by atoms with van der Waals surface area (Å²) in [7, 11) is 0. The average molecular weight is 172 g/mol. The Morgan fingerprint density at radius 1 is 1.45 bits per heavy atom. The van der Waals surface area contributed by atoms with Crippen molar-refractivity contribution in [2.75, 3.05) is 5.75 Å². The molecular weight excluding hydrogens is 160 g/mol. The van der Waals surface area contributed by atoms with Crippen LogP contribution in [0.25, 0.3) is 0 Å². The first-order valence-electron chi connectivity index (χ1n) is 3.76. The summed E-state index contributed by atoms with van der Waals surface area (Å²) in [6.07, 6.45) is 0.848. The van der Waals surface area contributed by atoms with Crippen molar-refractivity contribution in [3.05, 3.63) is 11.7 Å². The first-order valence-corrected chi connectivity index (χ1v) is 4.91. The summed E-state index contributed by atoms with van der Waals surface area (Å²) in [6, 6.07) is 0. The lowest BCUT2D eigenvalue weighted by Crippen LogP contribution is -1.83. The maximum atomic E-state index is 4.98. The number of thioether (sulfide) groups is 1. The van der Waals surface area contributed by atoms with E-state index in [2.05, 4.69) is 17.1 Å². The van der Waals surface area contributed by atoms with Crippen molar-refractivity contribution in [3.8, 4) is 0 Å². The molecule has 0 N–H and O–H groups in total. The van der Waals surface area contributed by atoms with Crippen LogP contribution in [0.5, 0.6) is 0 Å². The third-order valence-corrected chi connectivity index (χ3v) is 2.12. The molecule has 0 bridgehead atoms. The largest absolute Gasteiger partial charge is 0.338 e. The zero-order valence-electron chi connectivity index (χ0n) is 6.83. The van der Waals surface area contributed by atoms with E-state index in [1.165, 1.54) is 0 Å². The van der Waals surface area contributed by atoms with Gasteiger partial charge in [-0.2, -0.15) is 16.7 Å². The minimum Gasteiger partial charge on any atom is -0.338 e. The van der Waals surface area contributed by atoms with Crippen LogP contribution >= 0.6 is 11.8 Å². The van der Waals surface area contributed by atoms with E-state index in [0.29, 0.717) is 0 Å². The van der Waals surface area contributed by atoms with E-state index in [1.807, 2.05) is 6.92 Å². The second kappa shape index (κ2) is 4.38. The van der Waals surface area contributed by atoms with E-state index in [0.717, 1.165) is 29.6 Å². The summed E-state index contributed by atoms with van der Waals surface area (Å²) in [4.78, 5) is 4.17. The zero-order chi connectivity index (χ0) is 8.10. The quantitative estimate of drug-likeness (QED) is 0.695. The Morgan fingerprint density at radius 3 is 2.82 bits per heavy atom. The lowest BCUT2D eigenvalue weighted by molar-refractivity contribution is 0.385. The third kappa shape index (κ3) is 2.54.